The van der Waals surface area contributed by atoms with Crippen molar-refractivity contribution in [3.63, 3.8) is 0 Å². The summed E-state index contributed by atoms with van der Waals surface area (Å²) < 4.78 is 0.958. The maximum atomic E-state index is 11.6. The summed E-state index contributed by atoms with van der Waals surface area (Å²) in [7, 11) is 0. The number of rotatable bonds is 2. The Bertz CT molecular complexity index is 304. The van der Waals surface area contributed by atoms with E-state index in [1.807, 2.05) is 0 Å². The van der Waals surface area contributed by atoms with Crippen molar-refractivity contribution in [2.75, 3.05) is 11.5 Å². The Labute approximate surface area is 85.8 Å². The summed E-state index contributed by atoms with van der Waals surface area (Å²) in [4.78, 5) is 11.6. The number of hydrogen-bond donors (Lipinski definition) is 0. The molecule has 0 radical (unpaired) electrons. The fourth-order valence-electron chi connectivity index (χ4n) is 1.21. The Hall–Kier alpha value is -0.400. The molecule has 0 atom stereocenters. The zero-order valence-electron chi connectivity index (χ0n) is 7.08. The first kappa shape index (κ1) is 9.17. The van der Waals surface area contributed by atoms with Gasteiger partial charge in [0.2, 0.25) is 0 Å². The van der Waals surface area contributed by atoms with E-state index in [0.29, 0.717) is 5.57 Å². The number of ketones is 1. The van der Waals surface area contributed by atoms with Crippen LogP contribution in [-0.2, 0) is 4.79 Å². The van der Waals surface area contributed by atoms with Gasteiger partial charge >= 0.3 is 0 Å². The van der Waals surface area contributed by atoms with Crippen LogP contribution in [0.15, 0.2) is 9.81 Å². The van der Waals surface area contributed by atoms with Crippen molar-refractivity contribution < 1.29 is 4.79 Å². The van der Waals surface area contributed by atoms with Crippen LogP contribution in [0.3, 0.4) is 0 Å². The van der Waals surface area contributed by atoms with E-state index in [1.54, 1.807) is 23.5 Å². The summed E-state index contributed by atoms with van der Waals surface area (Å²) in [5.41, 5.74) is 0.426. The molecule has 68 valence electrons. The lowest BCUT2D eigenvalue weighted by Crippen LogP contribution is -2.03. The Morgan fingerprint density at radius 2 is 2.00 bits per heavy atom. The molecule has 1 saturated heterocycles. The number of thioether (sulfide) groups is 2. The number of carbonyl (C=O) groups is 1. The predicted octanol–water partition coefficient (Wildman–Crippen LogP) is 2.18. The molecule has 2 fully saturated rings. The Kier molecular flexibility index (Phi) is 2.66. The first-order valence-corrected chi connectivity index (χ1v) is 6.24. The minimum Gasteiger partial charge on any atom is -0.293 e. The van der Waals surface area contributed by atoms with Gasteiger partial charge in [0.05, 0.1) is 4.24 Å². The van der Waals surface area contributed by atoms with E-state index >= 15 is 0 Å². The Morgan fingerprint density at radius 3 is 2.46 bits per heavy atom. The Balaban J connectivity index is 2.20. The van der Waals surface area contributed by atoms with Gasteiger partial charge in [-0.1, -0.05) is 0 Å². The quantitative estimate of drug-likeness (QED) is 0.518. The predicted molar refractivity (Wildman–Crippen MR) is 55.3 cm³/mol. The maximum Gasteiger partial charge on any atom is 0.178 e. The Morgan fingerprint density at radius 1 is 1.38 bits per heavy atom. The van der Waals surface area contributed by atoms with Gasteiger partial charge in [-0.05, 0) is 12.8 Å². The van der Waals surface area contributed by atoms with E-state index in [1.165, 1.54) is 0 Å². The van der Waals surface area contributed by atoms with Crippen LogP contribution in [0.2, 0.25) is 0 Å². The summed E-state index contributed by atoms with van der Waals surface area (Å²) in [6, 6.07) is 2.05. The van der Waals surface area contributed by atoms with E-state index in [2.05, 4.69) is 6.07 Å². The number of nitrogens with zero attached hydrogens (tertiary/aromatic N) is 1. The molecule has 2 rings (SSSR count). The average Bonchev–Trinajstić information content (AvgIpc) is 2.86. The van der Waals surface area contributed by atoms with E-state index in [-0.39, 0.29) is 11.7 Å². The van der Waals surface area contributed by atoms with Crippen LogP contribution >= 0.6 is 23.5 Å². The second-order valence-electron chi connectivity index (χ2n) is 3.11. The zero-order chi connectivity index (χ0) is 9.26. The number of Topliss-reactive ketones (excluding diaryl/α,β-unsaturated/α-hetero) is 1. The summed E-state index contributed by atoms with van der Waals surface area (Å²) in [6.45, 7) is 0. The van der Waals surface area contributed by atoms with Crippen LogP contribution in [0, 0.1) is 17.2 Å². The van der Waals surface area contributed by atoms with Crippen LogP contribution in [0.25, 0.3) is 0 Å². The topological polar surface area (TPSA) is 40.9 Å². The largest absolute Gasteiger partial charge is 0.293 e. The smallest absolute Gasteiger partial charge is 0.178 e. The third-order valence-electron chi connectivity index (χ3n) is 2.06. The van der Waals surface area contributed by atoms with Crippen molar-refractivity contribution >= 4 is 29.3 Å². The number of hydrogen-bond acceptors (Lipinski definition) is 4. The first-order valence-electron chi connectivity index (χ1n) is 4.27. The van der Waals surface area contributed by atoms with Crippen molar-refractivity contribution in [1.82, 2.24) is 0 Å². The van der Waals surface area contributed by atoms with E-state index in [0.717, 1.165) is 28.6 Å². The molecule has 1 saturated carbocycles. The molecule has 1 aliphatic carbocycles. The van der Waals surface area contributed by atoms with Crippen molar-refractivity contribution in [2.45, 2.75) is 12.8 Å². The van der Waals surface area contributed by atoms with Gasteiger partial charge in [-0.25, -0.2) is 0 Å². The molecule has 0 amide bonds. The second-order valence-corrected chi connectivity index (χ2v) is 5.58. The highest BCUT2D eigenvalue weighted by atomic mass is 32.2. The van der Waals surface area contributed by atoms with Gasteiger partial charge in [0.25, 0.3) is 0 Å². The van der Waals surface area contributed by atoms with Crippen LogP contribution in [0.4, 0.5) is 0 Å². The number of carbonyl (C=O) groups excluding carboxylic acids is 1. The van der Waals surface area contributed by atoms with Crippen LogP contribution in [0.5, 0.6) is 0 Å². The molecule has 0 aromatic rings. The monoisotopic (exact) mass is 211 g/mol. The molecule has 13 heavy (non-hydrogen) atoms. The molecule has 1 aliphatic heterocycles. The summed E-state index contributed by atoms with van der Waals surface area (Å²) in [5.74, 6) is 2.31. The van der Waals surface area contributed by atoms with E-state index in [9.17, 15) is 4.79 Å². The zero-order valence-corrected chi connectivity index (χ0v) is 8.71. The molecule has 4 heteroatoms. The van der Waals surface area contributed by atoms with Gasteiger partial charge < -0.3 is 0 Å². The highest BCUT2D eigenvalue weighted by Gasteiger charge is 2.34. The van der Waals surface area contributed by atoms with Crippen molar-refractivity contribution in [3.05, 3.63) is 9.81 Å². The van der Waals surface area contributed by atoms with Gasteiger partial charge in [-0.2, -0.15) is 5.26 Å². The van der Waals surface area contributed by atoms with Gasteiger partial charge in [0, 0.05) is 17.4 Å². The molecule has 0 aromatic heterocycles. The lowest BCUT2D eigenvalue weighted by atomic mass is 10.1. The summed E-state index contributed by atoms with van der Waals surface area (Å²) >= 11 is 3.30. The summed E-state index contributed by atoms with van der Waals surface area (Å²) in [6.07, 6.45) is 1.96. The van der Waals surface area contributed by atoms with Crippen molar-refractivity contribution in [1.29, 1.82) is 5.26 Å². The molecular weight excluding hydrogens is 202 g/mol. The number of nitriles is 1. The molecule has 0 spiro atoms. The first-order chi connectivity index (χ1) is 6.33. The minimum absolute atomic E-state index is 0.0828. The summed E-state index contributed by atoms with van der Waals surface area (Å²) in [5, 5.41) is 8.88. The minimum atomic E-state index is 0.0828. The van der Waals surface area contributed by atoms with Gasteiger partial charge in [0.1, 0.15) is 11.6 Å². The fraction of sp³-hybridized carbons (Fsp3) is 0.556. The maximum absolute atomic E-state index is 11.6. The normalized spacial score (nSPS) is 21.3. The van der Waals surface area contributed by atoms with Crippen LogP contribution in [0.1, 0.15) is 12.8 Å². The number of allylic oxidation sites excluding steroid dienone is 1. The van der Waals surface area contributed by atoms with Gasteiger partial charge in [-0.15, -0.1) is 23.5 Å². The van der Waals surface area contributed by atoms with Crippen LogP contribution in [-0.4, -0.2) is 17.3 Å². The molecule has 0 unspecified atom stereocenters. The average molecular weight is 211 g/mol. The molecule has 2 nitrogen and oxygen atoms in total. The molecule has 0 aromatic carbocycles. The SMILES string of the molecule is N#CC(C(=O)C1CC1)=C1SCCS1. The highest BCUT2D eigenvalue weighted by molar-refractivity contribution is 8.25. The van der Waals surface area contributed by atoms with Crippen molar-refractivity contribution in [2.24, 2.45) is 5.92 Å². The molecule has 1 heterocycles. The lowest BCUT2D eigenvalue weighted by molar-refractivity contribution is -0.116. The molecule has 0 bridgehead atoms. The van der Waals surface area contributed by atoms with Gasteiger partial charge in [0.15, 0.2) is 5.78 Å². The molecule has 0 N–H and O–H groups in total. The van der Waals surface area contributed by atoms with Crippen molar-refractivity contribution in [3.8, 4) is 6.07 Å². The molecule has 2 aliphatic rings. The van der Waals surface area contributed by atoms with Crippen LogP contribution < -0.4 is 0 Å². The fourth-order valence-corrected chi connectivity index (χ4v) is 3.66. The second kappa shape index (κ2) is 3.77. The molecular formula is C9H9NOS2. The highest BCUT2D eigenvalue weighted by Crippen LogP contribution is 2.41. The van der Waals surface area contributed by atoms with E-state index in [4.69, 9.17) is 5.26 Å². The third kappa shape index (κ3) is 1.92. The third-order valence-corrected chi connectivity index (χ3v) is 4.77. The standard InChI is InChI=1S/C9H9NOS2/c10-5-7(8(11)6-1-2-6)9-12-3-4-13-9/h6H,1-4H2. The van der Waals surface area contributed by atoms with E-state index < -0.39 is 0 Å². The lowest BCUT2D eigenvalue weighted by Gasteiger charge is -1.98. The van der Waals surface area contributed by atoms with Gasteiger partial charge in [-0.3, -0.25) is 4.79 Å².